The average Bonchev–Trinajstić information content (AvgIpc) is 2.47. The second kappa shape index (κ2) is 7.50. The Morgan fingerprint density at radius 1 is 0.500 bits per heavy atom. The number of benzene rings is 3. The lowest BCUT2D eigenvalue weighted by atomic mass is 10.2. The predicted octanol–water partition coefficient (Wildman–Crippen LogP) is 7.22. The summed E-state index contributed by atoms with van der Waals surface area (Å²) < 4.78 is 0. The van der Waals surface area contributed by atoms with Crippen LogP contribution in [-0.2, 0) is 0 Å². The van der Waals surface area contributed by atoms with Gasteiger partial charge in [-0.25, -0.2) is 0 Å². The van der Waals surface area contributed by atoms with Gasteiger partial charge in [-0.1, -0.05) is 47.8 Å². The van der Waals surface area contributed by atoms with E-state index in [-0.39, 0.29) is 0 Å². The molecular weight excluding hydrogens is 328 g/mol. The third-order valence-electron chi connectivity index (χ3n) is 3.70. The topological polar surface area (TPSA) is 0 Å². The third kappa shape index (κ3) is 4.46. The van der Waals surface area contributed by atoms with E-state index in [1.165, 1.54) is 41.8 Å². The van der Waals surface area contributed by atoms with E-state index in [4.69, 9.17) is 0 Å². The van der Waals surface area contributed by atoms with E-state index < -0.39 is 0 Å². The Labute approximate surface area is 153 Å². The molecule has 0 saturated heterocycles. The zero-order valence-electron chi connectivity index (χ0n) is 14.6. The molecule has 3 aromatic rings. The van der Waals surface area contributed by atoms with Gasteiger partial charge in [-0.3, -0.25) is 0 Å². The molecule has 0 heterocycles. The summed E-state index contributed by atoms with van der Waals surface area (Å²) in [6, 6.07) is 22.2. The first kappa shape index (κ1) is 17.2. The summed E-state index contributed by atoms with van der Waals surface area (Å²) in [6.45, 7) is 8.64. The second-order valence-electron chi connectivity index (χ2n) is 6.30. The largest absolute Gasteiger partial charge is 0.0889 e. The molecular formula is C22H22S2. The molecule has 0 atom stereocenters. The van der Waals surface area contributed by atoms with Gasteiger partial charge in [0.05, 0.1) is 0 Å². The van der Waals surface area contributed by atoms with Crippen molar-refractivity contribution >= 4 is 23.5 Å². The molecule has 0 saturated carbocycles. The van der Waals surface area contributed by atoms with Gasteiger partial charge in [0.25, 0.3) is 0 Å². The maximum Gasteiger partial charge on any atom is 0.0261 e. The van der Waals surface area contributed by atoms with Gasteiger partial charge in [0.2, 0.25) is 0 Å². The fourth-order valence-electron chi connectivity index (χ4n) is 2.86. The molecule has 0 amide bonds. The zero-order chi connectivity index (χ0) is 17.1. The summed E-state index contributed by atoms with van der Waals surface area (Å²) in [5.74, 6) is 0. The van der Waals surface area contributed by atoms with Gasteiger partial charge >= 0.3 is 0 Å². The molecule has 0 aliphatic carbocycles. The minimum atomic E-state index is 1.31. The first-order chi connectivity index (χ1) is 11.5. The Morgan fingerprint density at radius 3 is 1.17 bits per heavy atom. The molecule has 0 bridgehead atoms. The first-order valence-electron chi connectivity index (χ1n) is 8.11. The van der Waals surface area contributed by atoms with Crippen LogP contribution in [0.2, 0.25) is 0 Å². The molecule has 0 radical (unpaired) electrons. The highest BCUT2D eigenvalue weighted by Crippen LogP contribution is 2.39. The van der Waals surface area contributed by atoms with Crippen molar-refractivity contribution in [2.75, 3.05) is 0 Å². The minimum Gasteiger partial charge on any atom is -0.0889 e. The fraction of sp³-hybridized carbons (Fsp3) is 0.182. The summed E-state index contributed by atoms with van der Waals surface area (Å²) in [7, 11) is 0. The Bertz CT molecular complexity index is 753. The van der Waals surface area contributed by atoms with Crippen LogP contribution in [-0.4, -0.2) is 0 Å². The molecule has 0 aliphatic rings. The van der Waals surface area contributed by atoms with Crippen molar-refractivity contribution in [2.45, 2.75) is 47.3 Å². The lowest BCUT2D eigenvalue weighted by Crippen LogP contribution is -1.84. The van der Waals surface area contributed by atoms with E-state index in [2.05, 4.69) is 88.4 Å². The standard InChI is InChI=1S/C22H22S2/c1-15-9-16(2)12-19(11-15)23-21-7-5-6-8-22(21)24-20-13-17(3)10-18(4)14-20/h5-14H,1-4H3. The van der Waals surface area contributed by atoms with Crippen molar-refractivity contribution in [3.8, 4) is 0 Å². The SMILES string of the molecule is Cc1cc(C)cc(Sc2ccccc2Sc2cc(C)cc(C)c2)c1. The van der Waals surface area contributed by atoms with Crippen LogP contribution in [0.15, 0.2) is 80.2 Å². The van der Waals surface area contributed by atoms with E-state index >= 15 is 0 Å². The highest BCUT2D eigenvalue weighted by atomic mass is 32.2. The summed E-state index contributed by atoms with van der Waals surface area (Å²) in [6.07, 6.45) is 0. The fourth-order valence-corrected chi connectivity index (χ4v) is 5.22. The quantitative estimate of drug-likeness (QED) is 0.487. The highest BCUT2D eigenvalue weighted by Gasteiger charge is 2.07. The summed E-state index contributed by atoms with van der Waals surface area (Å²) in [5.41, 5.74) is 5.27. The maximum atomic E-state index is 2.26. The molecule has 0 aliphatic heterocycles. The monoisotopic (exact) mass is 350 g/mol. The molecule has 0 unspecified atom stereocenters. The number of aryl methyl sites for hydroxylation is 4. The number of hydrogen-bond acceptors (Lipinski definition) is 2. The molecule has 0 fully saturated rings. The predicted molar refractivity (Wildman–Crippen MR) is 107 cm³/mol. The van der Waals surface area contributed by atoms with Crippen LogP contribution in [0, 0.1) is 27.7 Å². The summed E-state index contributed by atoms with van der Waals surface area (Å²) >= 11 is 3.70. The smallest absolute Gasteiger partial charge is 0.0261 e. The van der Waals surface area contributed by atoms with Crippen LogP contribution in [0.5, 0.6) is 0 Å². The van der Waals surface area contributed by atoms with Crippen LogP contribution in [0.1, 0.15) is 22.3 Å². The molecule has 2 heteroatoms. The van der Waals surface area contributed by atoms with Crippen LogP contribution < -0.4 is 0 Å². The second-order valence-corrected chi connectivity index (χ2v) is 8.53. The molecule has 0 spiro atoms. The zero-order valence-corrected chi connectivity index (χ0v) is 16.2. The van der Waals surface area contributed by atoms with E-state index in [9.17, 15) is 0 Å². The summed E-state index contributed by atoms with van der Waals surface area (Å²) in [5, 5.41) is 0. The van der Waals surface area contributed by atoms with Crippen LogP contribution in [0.25, 0.3) is 0 Å². The van der Waals surface area contributed by atoms with Crippen LogP contribution in [0.3, 0.4) is 0 Å². The molecule has 0 nitrogen and oxygen atoms in total. The van der Waals surface area contributed by atoms with Crippen molar-refractivity contribution in [3.63, 3.8) is 0 Å². The number of rotatable bonds is 4. The Hall–Kier alpha value is -1.64. The van der Waals surface area contributed by atoms with Gasteiger partial charge in [0.15, 0.2) is 0 Å². The minimum absolute atomic E-state index is 1.31. The van der Waals surface area contributed by atoms with Crippen LogP contribution >= 0.6 is 23.5 Å². The molecule has 122 valence electrons. The Kier molecular flexibility index (Phi) is 5.37. The lowest BCUT2D eigenvalue weighted by molar-refractivity contribution is 1.22. The summed E-state index contributed by atoms with van der Waals surface area (Å²) in [4.78, 5) is 5.24. The van der Waals surface area contributed by atoms with Crippen LogP contribution in [0.4, 0.5) is 0 Å². The molecule has 3 rings (SSSR count). The van der Waals surface area contributed by atoms with Crippen molar-refractivity contribution < 1.29 is 0 Å². The van der Waals surface area contributed by atoms with Crippen molar-refractivity contribution in [1.29, 1.82) is 0 Å². The normalized spacial score (nSPS) is 10.8. The Morgan fingerprint density at radius 2 is 0.833 bits per heavy atom. The average molecular weight is 351 g/mol. The van der Waals surface area contributed by atoms with Gasteiger partial charge in [-0.2, -0.15) is 0 Å². The van der Waals surface area contributed by atoms with Gasteiger partial charge in [0.1, 0.15) is 0 Å². The molecule has 0 aromatic heterocycles. The Balaban J connectivity index is 1.90. The van der Waals surface area contributed by atoms with Gasteiger partial charge in [-0.05, 0) is 86.3 Å². The van der Waals surface area contributed by atoms with E-state index in [0.29, 0.717) is 0 Å². The van der Waals surface area contributed by atoms with Crippen molar-refractivity contribution in [3.05, 3.63) is 82.9 Å². The lowest BCUT2D eigenvalue weighted by Gasteiger charge is -2.11. The van der Waals surface area contributed by atoms with E-state index in [1.54, 1.807) is 0 Å². The third-order valence-corrected chi connectivity index (χ3v) is 5.92. The van der Waals surface area contributed by atoms with Crippen molar-refractivity contribution in [1.82, 2.24) is 0 Å². The first-order valence-corrected chi connectivity index (χ1v) is 9.74. The van der Waals surface area contributed by atoms with E-state index in [0.717, 1.165) is 0 Å². The van der Waals surface area contributed by atoms with E-state index in [1.807, 2.05) is 23.5 Å². The van der Waals surface area contributed by atoms with Gasteiger partial charge in [0, 0.05) is 19.6 Å². The van der Waals surface area contributed by atoms with Gasteiger partial charge in [-0.15, -0.1) is 0 Å². The highest BCUT2D eigenvalue weighted by molar-refractivity contribution is 8.02. The molecule has 3 aromatic carbocycles. The number of hydrogen-bond donors (Lipinski definition) is 0. The maximum absolute atomic E-state index is 2.26. The van der Waals surface area contributed by atoms with Gasteiger partial charge < -0.3 is 0 Å². The molecule has 24 heavy (non-hydrogen) atoms. The van der Waals surface area contributed by atoms with Crippen molar-refractivity contribution in [2.24, 2.45) is 0 Å². The molecule has 0 N–H and O–H groups in total.